The summed E-state index contributed by atoms with van der Waals surface area (Å²) in [6, 6.07) is 54.3. The van der Waals surface area contributed by atoms with E-state index < -0.39 is 0 Å². The zero-order valence-corrected chi connectivity index (χ0v) is 28.6. The summed E-state index contributed by atoms with van der Waals surface area (Å²) in [6.07, 6.45) is 1.82. The van der Waals surface area contributed by atoms with Crippen LogP contribution in [0.3, 0.4) is 0 Å². The van der Waals surface area contributed by atoms with Crippen molar-refractivity contribution in [3.05, 3.63) is 164 Å². The number of hydrogen-bond donors (Lipinski definition) is 0. The van der Waals surface area contributed by atoms with Gasteiger partial charge in [-0.15, -0.1) is 0 Å². The number of rotatable bonds is 4. The van der Waals surface area contributed by atoms with Crippen LogP contribution in [0.5, 0.6) is 0 Å². The Balaban J connectivity index is 1.07. The first-order chi connectivity index (χ1) is 26.8. The zero-order valence-electron chi connectivity index (χ0n) is 28.6. The Morgan fingerprint density at radius 2 is 0.981 bits per heavy atom. The van der Waals surface area contributed by atoms with Gasteiger partial charge in [0.25, 0.3) is 0 Å². The quantitative estimate of drug-likeness (QED) is 0.183. The Labute approximate surface area is 306 Å². The van der Waals surface area contributed by atoms with Crippen LogP contribution in [0.1, 0.15) is 0 Å². The molecule has 9 nitrogen and oxygen atoms in total. The first kappa shape index (κ1) is 29.0. The van der Waals surface area contributed by atoms with Gasteiger partial charge in [-0.3, -0.25) is 22.9 Å². The number of nitrogens with zero attached hydrogens (tertiary/aromatic N) is 9. The molecule has 6 aromatic heterocycles. The first-order valence-corrected chi connectivity index (χ1v) is 17.9. The van der Waals surface area contributed by atoms with Crippen molar-refractivity contribution >= 4 is 66.9 Å². The molecule has 0 atom stereocenters. The highest BCUT2D eigenvalue weighted by atomic mass is 15.2. The molecule has 0 saturated heterocycles. The van der Waals surface area contributed by atoms with E-state index in [2.05, 4.69) is 127 Å². The summed E-state index contributed by atoms with van der Waals surface area (Å²) in [4.78, 5) is 25.4. The molecule has 0 N–H and O–H groups in total. The maximum Gasteiger partial charge on any atom is 0.221 e. The molecule has 0 aliphatic heterocycles. The van der Waals surface area contributed by atoms with E-state index in [0.717, 1.165) is 89.4 Å². The number of pyridine rings is 1. The monoisotopic (exact) mass is 693 g/mol. The molecule has 0 radical (unpaired) electrons. The number of benzene rings is 6. The van der Waals surface area contributed by atoms with E-state index in [1.807, 2.05) is 54.7 Å². The summed E-state index contributed by atoms with van der Waals surface area (Å²) in [5.41, 5.74) is 14.6. The lowest BCUT2D eigenvalue weighted by atomic mass is 10.1. The molecule has 0 aliphatic carbocycles. The minimum atomic E-state index is 0.712. The average Bonchev–Trinajstić information content (AvgIpc) is 3.97. The predicted molar refractivity (Wildman–Crippen MR) is 214 cm³/mol. The van der Waals surface area contributed by atoms with Crippen LogP contribution >= 0.6 is 0 Å². The van der Waals surface area contributed by atoms with Crippen LogP contribution in [0.25, 0.3) is 101 Å². The Morgan fingerprint density at radius 3 is 1.76 bits per heavy atom. The van der Waals surface area contributed by atoms with Crippen molar-refractivity contribution in [2.75, 3.05) is 0 Å². The molecular weight excluding hydrogens is 667 g/mol. The maximum absolute atomic E-state index is 5.39. The fraction of sp³-hybridized carbons (Fsp3) is 0. The number of imidazole rings is 4. The second-order valence-electron chi connectivity index (χ2n) is 13.5. The Bertz CT molecular complexity index is 3440. The second-order valence-corrected chi connectivity index (χ2v) is 13.5. The van der Waals surface area contributed by atoms with Gasteiger partial charge in [0.05, 0.1) is 61.5 Å². The van der Waals surface area contributed by atoms with Gasteiger partial charge in [0.2, 0.25) is 11.6 Å². The SMILES string of the molecule is c1ccc(-c2ccc(-n3c4ccc(-c5ccc6c(c5)n5c7ccccc7nc5n6-c5cnc6ccccc6n5)nc4n4c5ccccc5nc34)cc2)cc1. The lowest BCUT2D eigenvalue weighted by Gasteiger charge is -2.08. The van der Waals surface area contributed by atoms with Gasteiger partial charge >= 0.3 is 0 Å². The van der Waals surface area contributed by atoms with Crippen LogP contribution in [0, 0.1) is 0 Å². The smallest absolute Gasteiger partial charge is 0.221 e. The van der Waals surface area contributed by atoms with Crippen LogP contribution < -0.4 is 0 Å². The van der Waals surface area contributed by atoms with Crippen molar-refractivity contribution in [1.82, 2.24) is 42.9 Å². The number of para-hydroxylation sites is 6. The van der Waals surface area contributed by atoms with Gasteiger partial charge in [0, 0.05) is 11.3 Å². The minimum Gasteiger partial charge on any atom is -0.276 e. The fourth-order valence-corrected chi connectivity index (χ4v) is 7.95. The van der Waals surface area contributed by atoms with E-state index in [9.17, 15) is 0 Å². The lowest BCUT2D eigenvalue weighted by Crippen LogP contribution is -2.00. The maximum atomic E-state index is 5.39. The van der Waals surface area contributed by atoms with Gasteiger partial charge < -0.3 is 0 Å². The molecular formula is C45H27N9. The normalized spacial score (nSPS) is 12.1. The molecule has 6 aromatic carbocycles. The van der Waals surface area contributed by atoms with Crippen molar-refractivity contribution < 1.29 is 0 Å². The summed E-state index contributed by atoms with van der Waals surface area (Å²) in [5.74, 6) is 2.31. The Kier molecular flexibility index (Phi) is 5.86. The van der Waals surface area contributed by atoms with Crippen LogP contribution in [0.4, 0.5) is 0 Å². The molecule has 6 heterocycles. The molecule has 12 aromatic rings. The third-order valence-electron chi connectivity index (χ3n) is 10.4. The highest BCUT2D eigenvalue weighted by molar-refractivity contribution is 5.95. The molecule has 0 spiro atoms. The first-order valence-electron chi connectivity index (χ1n) is 17.9. The van der Waals surface area contributed by atoms with Crippen molar-refractivity contribution in [3.63, 3.8) is 0 Å². The van der Waals surface area contributed by atoms with Gasteiger partial charge in [-0.05, 0) is 83.9 Å². The van der Waals surface area contributed by atoms with Gasteiger partial charge in [0.1, 0.15) is 0 Å². The topological polar surface area (TPSA) is 83.1 Å². The van der Waals surface area contributed by atoms with Gasteiger partial charge in [0.15, 0.2) is 11.5 Å². The molecule has 12 rings (SSSR count). The zero-order chi connectivity index (χ0) is 35.3. The van der Waals surface area contributed by atoms with E-state index in [-0.39, 0.29) is 0 Å². The molecule has 0 aliphatic rings. The summed E-state index contributed by atoms with van der Waals surface area (Å²) < 4.78 is 8.68. The van der Waals surface area contributed by atoms with Crippen LogP contribution in [-0.2, 0) is 0 Å². The van der Waals surface area contributed by atoms with E-state index in [1.54, 1.807) is 0 Å². The van der Waals surface area contributed by atoms with E-state index in [0.29, 0.717) is 5.82 Å². The number of hydrogen-bond acceptors (Lipinski definition) is 5. The van der Waals surface area contributed by atoms with Crippen LogP contribution in [0.2, 0.25) is 0 Å². The van der Waals surface area contributed by atoms with Gasteiger partial charge in [-0.1, -0.05) is 84.9 Å². The molecule has 9 heteroatoms. The summed E-state index contributed by atoms with van der Waals surface area (Å²) in [6.45, 7) is 0. The molecule has 0 bridgehead atoms. The van der Waals surface area contributed by atoms with Gasteiger partial charge in [-0.25, -0.2) is 19.9 Å². The van der Waals surface area contributed by atoms with Crippen LogP contribution in [0.15, 0.2) is 164 Å². The summed E-state index contributed by atoms with van der Waals surface area (Å²) in [7, 11) is 0. The predicted octanol–water partition coefficient (Wildman–Crippen LogP) is 9.85. The van der Waals surface area contributed by atoms with Crippen LogP contribution in [-0.4, -0.2) is 42.9 Å². The van der Waals surface area contributed by atoms with Gasteiger partial charge in [-0.2, -0.15) is 0 Å². The van der Waals surface area contributed by atoms with E-state index in [4.69, 9.17) is 24.9 Å². The Morgan fingerprint density at radius 1 is 0.370 bits per heavy atom. The largest absolute Gasteiger partial charge is 0.276 e. The Hall–Kier alpha value is -7.65. The lowest BCUT2D eigenvalue weighted by molar-refractivity contribution is 1.04. The number of fused-ring (bicyclic) bond motifs is 11. The summed E-state index contributed by atoms with van der Waals surface area (Å²) in [5, 5.41) is 0. The highest BCUT2D eigenvalue weighted by Gasteiger charge is 2.22. The minimum absolute atomic E-state index is 0.712. The molecule has 0 saturated carbocycles. The third kappa shape index (κ3) is 4.11. The van der Waals surface area contributed by atoms with E-state index >= 15 is 0 Å². The number of aromatic nitrogens is 9. The third-order valence-corrected chi connectivity index (χ3v) is 10.4. The summed E-state index contributed by atoms with van der Waals surface area (Å²) >= 11 is 0. The fourth-order valence-electron chi connectivity index (χ4n) is 7.95. The second kappa shape index (κ2) is 10.9. The van der Waals surface area contributed by atoms with Crippen molar-refractivity contribution in [3.8, 4) is 33.9 Å². The van der Waals surface area contributed by atoms with Crippen molar-refractivity contribution in [2.45, 2.75) is 0 Å². The molecule has 0 unspecified atom stereocenters. The standard InChI is InChI=1S/C45H27N9/c1-2-10-28(11-3-1)29-18-21-31(22-19-29)51-40-25-23-32(48-43(40)54-38-17-9-7-15-36(38)49-44(51)54)30-20-24-39-41(26-30)52-37-16-8-6-14-35(37)50-45(52)53(39)42-27-46-33-12-4-5-13-34(33)47-42/h1-27H. The molecule has 0 amide bonds. The van der Waals surface area contributed by atoms with Crippen molar-refractivity contribution in [1.29, 1.82) is 0 Å². The highest BCUT2D eigenvalue weighted by Crippen LogP contribution is 2.34. The van der Waals surface area contributed by atoms with Crippen molar-refractivity contribution in [2.24, 2.45) is 0 Å². The molecule has 252 valence electrons. The van der Waals surface area contributed by atoms with E-state index in [1.165, 1.54) is 5.56 Å². The molecule has 0 fully saturated rings. The average molecular weight is 694 g/mol. The molecule has 54 heavy (non-hydrogen) atoms.